The first-order valence-corrected chi connectivity index (χ1v) is 7.80. The molecule has 1 N–H and O–H groups in total. The van der Waals surface area contributed by atoms with Gasteiger partial charge >= 0.3 is 6.36 Å². The van der Waals surface area contributed by atoms with Gasteiger partial charge in [0.2, 0.25) is 5.91 Å². The van der Waals surface area contributed by atoms with Crippen LogP contribution in [0.2, 0.25) is 0 Å². The van der Waals surface area contributed by atoms with Crippen molar-refractivity contribution in [1.82, 2.24) is 14.9 Å². The third-order valence-electron chi connectivity index (χ3n) is 3.16. The van der Waals surface area contributed by atoms with Gasteiger partial charge in [-0.05, 0) is 40.5 Å². The Morgan fingerprint density at radius 3 is 2.60 bits per heavy atom. The molecule has 0 saturated carbocycles. The molecule has 2 aromatic rings. The molecule has 0 fully saturated rings. The Hall–Kier alpha value is -2.36. The Kier molecular flexibility index (Phi) is 5.83. The lowest BCUT2D eigenvalue weighted by atomic mass is 10.1. The maximum absolute atomic E-state index is 12.1. The molecule has 0 aliphatic heterocycles. The molecule has 0 aliphatic carbocycles. The van der Waals surface area contributed by atoms with Crippen molar-refractivity contribution in [2.24, 2.45) is 0 Å². The molecule has 1 atom stereocenters. The van der Waals surface area contributed by atoms with E-state index in [1.165, 1.54) is 24.7 Å². The summed E-state index contributed by atoms with van der Waals surface area (Å²) in [5, 5.41) is 2.65. The lowest BCUT2D eigenvalue weighted by Crippen LogP contribution is -2.34. The van der Waals surface area contributed by atoms with Crippen LogP contribution < -0.4 is 15.6 Å². The minimum atomic E-state index is -4.76. The first kappa shape index (κ1) is 19.0. The number of benzene rings is 1. The molecular weight excluding hydrogens is 407 g/mol. The summed E-state index contributed by atoms with van der Waals surface area (Å²) in [4.78, 5) is 27.6. The number of nitrogens with one attached hydrogen (secondary N) is 1. The van der Waals surface area contributed by atoms with Crippen molar-refractivity contribution in [3.05, 3.63) is 57.2 Å². The highest BCUT2D eigenvalue weighted by molar-refractivity contribution is 9.10. The fourth-order valence-electron chi connectivity index (χ4n) is 2.02. The maximum atomic E-state index is 12.1. The molecule has 1 aromatic heterocycles. The molecule has 0 unspecified atom stereocenters. The highest BCUT2D eigenvalue weighted by atomic mass is 79.9. The number of amides is 1. The predicted octanol–water partition coefficient (Wildman–Crippen LogP) is 2.78. The molecule has 1 amide bonds. The quantitative estimate of drug-likeness (QED) is 0.808. The topological polar surface area (TPSA) is 73.2 Å². The number of aromatic nitrogens is 2. The minimum absolute atomic E-state index is 0.231. The van der Waals surface area contributed by atoms with Crippen molar-refractivity contribution >= 4 is 21.8 Å². The summed E-state index contributed by atoms with van der Waals surface area (Å²) in [6.45, 7) is 1.43. The molecule has 0 bridgehead atoms. The van der Waals surface area contributed by atoms with E-state index in [-0.39, 0.29) is 16.8 Å². The minimum Gasteiger partial charge on any atom is -0.406 e. The number of hydrogen-bond acceptors (Lipinski definition) is 4. The number of carbonyl (C=O) groups excluding carboxylic acids is 1. The Morgan fingerprint density at radius 1 is 1.36 bits per heavy atom. The van der Waals surface area contributed by atoms with Gasteiger partial charge in [-0.25, -0.2) is 4.98 Å². The fraction of sp³-hybridized carbons (Fsp3) is 0.267. The van der Waals surface area contributed by atoms with E-state index < -0.39 is 23.9 Å². The van der Waals surface area contributed by atoms with E-state index in [0.29, 0.717) is 5.56 Å². The number of nitrogens with zero attached hydrogens (tertiary/aromatic N) is 2. The van der Waals surface area contributed by atoms with Crippen LogP contribution in [-0.2, 0) is 11.3 Å². The van der Waals surface area contributed by atoms with Crippen molar-refractivity contribution in [1.29, 1.82) is 0 Å². The third-order valence-corrected chi connectivity index (χ3v) is 3.71. The van der Waals surface area contributed by atoms with Crippen molar-refractivity contribution in [3.63, 3.8) is 0 Å². The Balaban J connectivity index is 1.99. The predicted molar refractivity (Wildman–Crippen MR) is 85.9 cm³/mol. The van der Waals surface area contributed by atoms with E-state index in [1.807, 2.05) is 0 Å². The van der Waals surface area contributed by atoms with Gasteiger partial charge in [0.05, 0.1) is 12.4 Å². The van der Waals surface area contributed by atoms with Crippen molar-refractivity contribution in [3.8, 4) is 5.75 Å². The molecular formula is C15H13BrF3N3O3. The van der Waals surface area contributed by atoms with Crippen LogP contribution >= 0.6 is 15.9 Å². The van der Waals surface area contributed by atoms with Gasteiger partial charge in [-0.15, -0.1) is 13.2 Å². The van der Waals surface area contributed by atoms with Gasteiger partial charge < -0.3 is 10.1 Å². The van der Waals surface area contributed by atoms with E-state index >= 15 is 0 Å². The maximum Gasteiger partial charge on any atom is 0.573 e. The van der Waals surface area contributed by atoms with Gasteiger partial charge in [0.1, 0.15) is 16.8 Å². The van der Waals surface area contributed by atoms with Crippen LogP contribution in [-0.4, -0.2) is 21.8 Å². The fourth-order valence-corrected chi connectivity index (χ4v) is 2.37. The van der Waals surface area contributed by atoms with Crippen LogP contribution in [0.3, 0.4) is 0 Å². The summed E-state index contributed by atoms with van der Waals surface area (Å²) in [7, 11) is 0. The van der Waals surface area contributed by atoms with Crippen molar-refractivity contribution in [2.45, 2.75) is 25.9 Å². The Bertz CT molecular complexity index is 806. The smallest absolute Gasteiger partial charge is 0.406 e. The molecule has 25 heavy (non-hydrogen) atoms. The molecule has 1 heterocycles. The molecule has 6 nitrogen and oxygen atoms in total. The average Bonchev–Trinajstić information content (AvgIpc) is 2.51. The highest BCUT2D eigenvalue weighted by Crippen LogP contribution is 2.24. The average molecular weight is 420 g/mol. The molecule has 10 heteroatoms. The summed E-state index contributed by atoms with van der Waals surface area (Å²) >= 11 is 3.03. The van der Waals surface area contributed by atoms with Gasteiger partial charge in [0.15, 0.2) is 0 Å². The number of alkyl halides is 3. The molecule has 0 spiro atoms. The second-order valence-corrected chi connectivity index (χ2v) is 5.94. The standard InChI is InChI=1S/C15H13BrF3N3O3/c1-9(10-2-4-11(5-3-10)25-15(17,18)19)21-13(23)7-22-8-20-6-12(16)14(22)24/h2-6,8-9H,7H2,1H3,(H,21,23)/t9-/m0/s1. The molecule has 0 aliphatic rings. The van der Waals surface area contributed by atoms with Crippen molar-refractivity contribution < 1.29 is 22.7 Å². The summed E-state index contributed by atoms with van der Waals surface area (Å²) in [6.07, 6.45) is -2.20. The number of carbonyl (C=O) groups is 1. The molecule has 0 radical (unpaired) electrons. The monoisotopic (exact) mass is 419 g/mol. The highest BCUT2D eigenvalue weighted by Gasteiger charge is 2.31. The lowest BCUT2D eigenvalue weighted by Gasteiger charge is -2.16. The van der Waals surface area contributed by atoms with E-state index in [2.05, 4.69) is 31.0 Å². The largest absolute Gasteiger partial charge is 0.573 e. The van der Waals surface area contributed by atoms with E-state index in [1.54, 1.807) is 6.92 Å². The van der Waals surface area contributed by atoms with Crippen LogP contribution in [0, 0.1) is 0 Å². The first-order chi connectivity index (χ1) is 11.7. The van der Waals surface area contributed by atoms with Crippen LogP contribution in [0.5, 0.6) is 5.75 Å². The van der Waals surface area contributed by atoms with E-state index in [0.717, 1.165) is 16.7 Å². The van der Waals surface area contributed by atoms with Gasteiger partial charge in [0.25, 0.3) is 5.56 Å². The van der Waals surface area contributed by atoms with E-state index in [4.69, 9.17) is 0 Å². The van der Waals surface area contributed by atoms with Crippen LogP contribution in [0.25, 0.3) is 0 Å². The van der Waals surface area contributed by atoms with Gasteiger partial charge in [-0.1, -0.05) is 12.1 Å². The van der Waals surface area contributed by atoms with Crippen molar-refractivity contribution in [2.75, 3.05) is 0 Å². The summed E-state index contributed by atoms with van der Waals surface area (Å²) in [6, 6.07) is 4.68. The Morgan fingerprint density at radius 2 is 2.00 bits per heavy atom. The second kappa shape index (κ2) is 7.68. The van der Waals surface area contributed by atoms with Gasteiger partial charge in [-0.3, -0.25) is 14.2 Å². The molecule has 134 valence electrons. The number of halogens is 4. The number of hydrogen-bond donors (Lipinski definition) is 1. The van der Waals surface area contributed by atoms with Crippen LogP contribution in [0.1, 0.15) is 18.5 Å². The SMILES string of the molecule is C[C@H](NC(=O)Cn1cncc(Br)c1=O)c1ccc(OC(F)(F)F)cc1. The summed E-state index contributed by atoms with van der Waals surface area (Å²) < 4.78 is 41.5. The van der Waals surface area contributed by atoms with Gasteiger partial charge in [0, 0.05) is 6.20 Å². The number of ether oxygens (including phenoxy) is 1. The Labute approximate surface area is 148 Å². The molecule has 1 aromatic carbocycles. The zero-order valence-electron chi connectivity index (χ0n) is 12.9. The van der Waals surface area contributed by atoms with Crippen LogP contribution in [0.4, 0.5) is 13.2 Å². The van der Waals surface area contributed by atoms with Crippen LogP contribution in [0.15, 0.2) is 46.1 Å². The first-order valence-electron chi connectivity index (χ1n) is 7.01. The zero-order valence-corrected chi connectivity index (χ0v) is 14.5. The lowest BCUT2D eigenvalue weighted by molar-refractivity contribution is -0.274. The molecule has 0 saturated heterocycles. The third kappa shape index (κ3) is 5.59. The second-order valence-electron chi connectivity index (χ2n) is 5.08. The molecule has 2 rings (SSSR count). The summed E-state index contributed by atoms with van der Waals surface area (Å²) in [5.74, 6) is -0.786. The van der Waals surface area contributed by atoms with Gasteiger partial charge in [-0.2, -0.15) is 0 Å². The zero-order chi connectivity index (χ0) is 18.6. The normalized spacial score (nSPS) is 12.5. The van der Waals surface area contributed by atoms with E-state index in [9.17, 15) is 22.8 Å². The summed E-state index contributed by atoms with van der Waals surface area (Å²) in [5.41, 5.74) is 0.189. The number of rotatable bonds is 5.